The lowest BCUT2D eigenvalue weighted by Gasteiger charge is -2.20. The summed E-state index contributed by atoms with van der Waals surface area (Å²) in [7, 11) is 2.86. The lowest BCUT2D eigenvalue weighted by atomic mass is 9.92. The highest BCUT2D eigenvalue weighted by Gasteiger charge is 2.24. The molecule has 0 spiro atoms. The van der Waals surface area contributed by atoms with Gasteiger partial charge in [-0.15, -0.1) is 0 Å². The molecular formula is C18H20O7. The minimum absolute atomic E-state index is 0.0597. The first-order chi connectivity index (χ1) is 11.9. The lowest BCUT2D eigenvalue weighted by molar-refractivity contribution is -0.139. The zero-order valence-electron chi connectivity index (χ0n) is 13.9. The Labute approximate surface area is 144 Å². The van der Waals surface area contributed by atoms with Crippen LogP contribution in [0.15, 0.2) is 30.3 Å². The standard InChI is InChI=1S/C18H20O7/c1-24-14-6-7-15(25-2)17(11(14)8-10(19)9-16(22)23)18-12(20)4-3-5-13(18)21/h3-7,10,19-21H,8-9H2,1-2H3,(H,22,23). The molecule has 0 aromatic heterocycles. The predicted octanol–water partition coefficient (Wildman–Crippen LogP) is 2.16. The number of carboxylic acids is 1. The minimum Gasteiger partial charge on any atom is -0.507 e. The Morgan fingerprint density at radius 2 is 1.56 bits per heavy atom. The average Bonchev–Trinajstić information content (AvgIpc) is 2.54. The van der Waals surface area contributed by atoms with Crippen molar-refractivity contribution in [2.45, 2.75) is 18.9 Å². The zero-order chi connectivity index (χ0) is 18.6. The number of hydrogen-bond acceptors (Lipinski definition) is 6. The second-order valence-electron chi connectivity index (χ2n) is 5.45. The highest BCUT2D eigenvalue weighted by atomic mass is 16.5. The van der Waals surface area contributed by atoms with E-state index in [1.165, 1.54) is 32.4 Å². The molecule has 7 heteroatoms. The van der Waals surface area contributed by atoms with Gasteiger partial charge >= 0.3 is 5.97 Å². The molecule has 1 unspecified atom stereocenters. The fraction of sp³-hybridized carbons (Fsp3) is 0.278. The number of phenolic OH excluding ortho intramolecular Hbond substituents is 2. The van der Waals surface area contributed by atoms with E-state index in [9.17, 15) is 20.1 Å². The van der Waals surface area contributed by atoms with Crippen LogP contribution in [0.1, 0.15) is 12.0 Å². The van der Waals surface area contributed by atoms with Gasteiger partial charge in [-0.3, -0.25) is 4.79 Å². The Bertz CT molecular complexity index is 750. The van der Waals surface area contributed by atoms with E-state index in [0.717, 1.165) is 0 Å². The summed E-state index contributed by atoms with van der Waals surface area (Å²) >= 11 is 0. The molecule has 0 amide bonds. The molecule has 25 heavy (non-hydrogen) atoms. The number of carbonyl (C=O) groups is 1. The van der Waals surface area contributed by atoms with Crippen molar-refractivity contribution in [1.29, 1.82) is 0 Å². The second kappa shape index (κ2) is 7.76. The number of aliphatic hydroxyl groups is 1. The van der Waals surface area contributed by atoms with Gasteiger partial charge in [0, 0.05) is 17.5 Å². The molecule has 7 nitrogen and oxygen atoms in total. The Morgan fingerprint density at radius 3 is 2.08 bits per heavy atom. The molecule has 0 saturated carbocycles. The summed E-state index contributed by atoms with van der Waals surface area (Å²) in [6.45, 7) is 0. The first-order valence-corrected chi connectivity index (χ1v) is 7.54. The van der Waals surface area contributed by atoms with Gasteiger partial charge in [0.1, 0.15) is 23.0 Å². The van der Waals surface area contributed by atoms with Crippen molar-refractivity contribution < 1.29 is 34.7 Å². The Morgan fingerprint density at radius 1 is 1.00 bits per heavy atom. The summed E-state index contributed by atoms with van der Waals surface area (Å²) in [5.74, 6) is -0.777. The highest BCUT2D eigenvalue weighted by molar-refractivity contribution is 5.84. The normalized spacial score (nSPS) is 11.8. The predicted molar refractivity (Wildman–Crippen MR) is 90.3 cm³/mol. The first kappa shape index (κ1) is 18.4. The molecule has 0 aliphatic carbocycles. The molecule has 0 bridgehead atoms. The number of methoxy groups -OCH3 is 2. The number of benzene rings is 2. The fourth-order valence-corrected chi connectivity index (χ4v) is 2.74. The van der Waals surface area contributed by atoms with Crippen LogP contribution in [0.2, 0.25) is 0 Å². The molecule has 2 aromatic rings. The molecule has 4 N–H and O–H groups in total. The number of ether oxygens (including phenoxy) is 2. The molecular weight excluding hydrogens is 328 g/mol. The third-order valence-electron chi connectivity index (χ3n) is 3.79. The van der Waals surface area contributed by atoms with E-state index in [1.54, 1.807) is 12.1 Å². The van der Waals surface area contributed by atoms with Crippen molar-refractivity contribution in [2.24, 2.45) is 0 Å². The molecule has 0 saturated heterocycles. The van der Waals surface area contributed by atoms with E-state index in [4.69, 9.17) is 14.6 Å². The van der Waals surface area contributed by atoms with Crippen LogP contribution in [0.5, 0.6) is 23.0 Å². The fourth-order valence-electron chi connectivity index (χ4n) is 2.74. The summed E-state index contributed by atoms with van der Waals surface area (Å²) in [4.78, 5) is 10.8. The van der Waals surface area contributed by atoms with Gasteiger partial charge in [0.05, 0.1) is 32.3 Å². The Balaban J connectivity index is 2.69. The Kier molecular flexibility index (Phi) is 5.71. The molecule has 0 aliphatic rings. The number of rotatable bonds is 7. The van der Waals surface area contributed by atoms with E-state index in [0.29, 0.717) is 22.6 Å². The molecule has 2 aromatic carbocycles. The van der Waals surface area contributed by atoms with Crippen molar-refractivity contribution in [3.8, 4) is 34.1 Å². The van der Waals surface area contributed by atoms with E-state index in [-0.39, 0.29) is 23.5 Å². The smallest absolute Gasteiger partial charge is 0.305 e. The monoisotopic (exact) mass is 348 g/mol. The molecule has 1 atom stereocenters. The molecule has 0 aliphatic heterocycles. The van der Waals surface area contributed by atoms with Gasteiger partial charge < -0.3 is 29.9 Å². The van der Waals surface area contributed by atoms with E-state index >= 15 is 0 Å². The molecule has 2 rings (SSSR count). The number of hydrogen-bond donors (Lipinski definition) is 4. The minimum atomic E-state index is -1.18. The van der Waals surface area contributed by atoms with Crippen LogP contribution in [0.25, 0.3) is 11.1 Å². The number of carboxylic acid groups (broad SMARTS) is 1. The third-order valence-corrected chi connectivity index (χ3v) is 3.79. The van der Waals surface area contributed by atoms with Gasteiger partial charge in [-0.05, 0) is 24.3 Å². The molecule has 0 radical (unpaired) electrons. The maximum absolute atomic E-state index is 10.8. The number of aliphatic carboxylic acids is 1. The number of aliphatic hydroxyl groups excluding tert-OH is 1. The van der Waals surface area contributed by atoms with Gasteiger partial charge in [0.2, 0.25) is 0 Å². The van der Waals surface area contributed by atoms with Crippen molar-refractivity contribution in [1.82, 2.24) is 0 Å². The van der Waals surface area contributed by atoms with Crippen LogP contribution in [-0.2, 0) is 11.2 Å². The quantitative estimate of drug-likeness (QED) is 0.606. The van der Waals surface area contributed by atoms with Crippen molar-refractivity contribution in [3.63, 3.8) is 0 Å². The lowest BCUT2D eigenvalue weighted by Crippen LogP contribution is -2.17. The summed E-state index contributed by atoms with van der Waals surface area (Å²) in [5, 5.41) is 39.4. The van der Waals surface area contributed by atoms with Gasteiger partial charge in [-0.2, -0.15) is 0 Å². The van der Waals surface area contributed by atoms with Crippen LogP contribution in [-0.4, -0.2) is 46.7 Å². The number of phenols is 2. The average molecular weight is 348 g/mol. The molecule has 0 fully saturated rings. The Hall–Kier alpha value is -2.93. The second-order valence-corrected chi connectivity index (χ2v) is 5.45. The largest absolute Gasteiger partial charge is 0.507 e. The molecule has 0 heterocycles. The van der Waals surface area contributed by atoms with E-state index in [2.05, 4.69) is 0 Å². The third kappa shape index (κ3) is 3.95. The summed E-state index contributed by atoms with van der Waals surface area (Å²) in [5.41, 5.74) is 0.880. The topological polar surface area (TPSA) is 116 Å². The summed E-state index contributed by atoms with van der Waals surface area (Å²) in [6.07, 6.45) is -1.69. The highest BCUT2D eigenvalue weighted by Crippen LogP contribution is 2.46. The maximum atomic E-state index is 10.8. The van der Waals surface area contributed by atoms with E-state index < -0.39 is 18.5 Å². The molecule has 134 valence electrons. The van der Waals surface area contributed by atoms with Gasteiger partial charge in [-0.25, -0.2) is 0 Å². The van der Waals surface area contributed by atoms with Crippen LogP contribution in [0, 0.1) is 0 Å². The SMILES string of the molecule is COc1ccc(OC)c(-c2c(O)cccc2O)c1CC(O)CC(=O)O. The van der Waals surface area contributed by atoms with Crippen molar-refractivity contribution in [2.75, 3.05) is 14.2 Å². The van der Waals surface area contributed by atoms with Gasteiger partial charge in [-0.1, -0.05) is 6.07 Å². The van der Waals surface area contributed by atoms with Crippen molar-refractivity contribution in [3.05, 3.63) is 35.9 Å². The van der Waals surface area contributed by atoms with Crippen LogP contribution in [0.4, 0.5) is 0 Å². The van der Waals surface area contributed by atoms with E-state index in [1.807, 2.05) is 0 Å². The maximum Gasteiger partial charge on any atom is 0.305 e. The summed E-state index contributed by atoms with van der Waals surface area (Å²) < 4.78 is 10.7. The zero-order valence-corrected chi connectivity index (χ0v) is 13.9. The van der Waals surface area contributed by atoms with Crippen molar-refractivity contribution >= 4 is 5.97 Å². The van der Waals surface area contributed by atoms with Crippen LogP contribution < -0.4 is 9.47 Å². The van der Waals surface area contributed by atoms with Crippen LogP contribution >= 0.6 is 0 Å². The first-order valence-electron chi connectivity index (χ1n) is 7.54. The van der Waals surface area contributed by atoms with Gasteiger partial charge in [0.15, 0.2) is 0 Å². The van der Waals surface area contributed by atoms with Crippen LogP contribution in [0.3, 0.4) is 0 Å². The van der Waals surface area contributed by atoms with Gasteiger partial charge in [0.25, 0.3) is 0 Å². The number of aromatic hydroxyl groups is 2. The summed E-state index contributed by atoms with van der Waals surface area (Å²) in [6, 6.07) is 7.52.